The lowest BCUT2D eigenvalue weighted by Crippen LogP contribution is -2.16. The number of fused-ring (bicyclic) bond motifs is 1. The number of benzene rings is 1. The Balaban J connectivity index is 1.87. The van der Waals surface area contributed by atoms with E-state index in [0.29, 0.717) is 18.3 Å². The molecule has 1 aliphatic rings. The van der Waals surface area contributed by atoms with E-state index < -0.39 is 0 Å². The maximum atomic E-state index is 6.02. The number of aromatic nitrogens is 2. The maximum absolute atomic E-state index is 6.02. The number of nitrogens with zero attached hydrogens (tertiary/aromatic N) is 2. The van der Waals surface area contributed by atoms with E-state index in [1.54, 1.807) is 0 Å². The topological polar surface area (TPSA) is 74.2 Å². The van der Waals surface area contributed by atoms with Gasteiger partial charge in [-0.2, -0.15) is 4.98 Å². The van der Waals surface area contributed by atoms with Crippen LogP contribution in [0.2, 0.25) is 0 Å². The van der Waals surface area contributed by atoms with E-state index in [4.69, 9.17) is 15.0 Å². The van der Waals surface area contributed by atoms with E-state index >= 15 is 0 Å². The van der Waals surface area contributed by atoms with Crippen LogP contribution in [0.25, 0.3) is 0 Å². The van der Waals surface area contributed by atoms with Crippen LogP contribution in [0, 0.1) is 0 Å². The summed E-state index contributed by atoms with van der Waals surface area (Å²) < 4.78 is 11.0. The van der Waals surface area contributed by atoms with Crippen LogP contribution in [-0.2, 0) is 0 Å². The molecule has 1 aromatic carbocycles. The third-order valence-corrected chi connectivity index (χ3v) is 3.64. The van der Waals surface area contributed by atoms with E-state index in [9.17, 15) is 0 Å². The summed E-state index contributed by atoms with van der Waals surface area (Å²) >= 11 is 0. The first-order valence-corrected chi connectivity index (χ1v) is 7.10. The number of para-hydroxylation sites is 1. The molecule has 2 aromatic rings. The first-order valence-electron chi connectivity index (χ1n) is 7.10. The Morgan fingerprint density at radius 1 is 1.40 bits per heavy atom. The largest absolute Gasteiger partial charge is 0.493 e. The van der Waals surface area contributed by atoms with E-state index in [2.05, 4.69) is 23.1 Å². The molecule has 1 unspecified atom stereocenters. The SMILES string of the molecule is CCC[C@H](N)c1nc(C2CCOc3ccccc32)no1. The summed E-state index contributed by atoms with van der Waals surface area (Å²) in [5.74, 6) is 2.28. The van der Waals surface area contributed by atoms with Gasteiger partial charge in [0.1, 0.15) is 5.75 Å². The summed E-state index contributed by atoms with van der Waals surface area (Å²) in [6.45, 7) is 2.76. The molecule has 2 heterocycles. The second kappa shape index (κ2) is 5.63. The number of hydrogen-bond acceptors (Lipinski definition) is 5. The van der Waals surface area contributed by atoms with Gasteiger partial charge in [-0.3, -0.25) is 0 Å². The molecule has 5 nitrogen and oxygen atoms in total. The number of hydrogen-bond donors (Lipinski definition) is 1. The molecule has 0 spiro atoms. The predicted octanol–water partition coefficient (Wildman–Crippen LogP) is 2.78. The Morgan fingerprint density at radius 2 is 2.25 bits per heavy atom. The van der Waals surface area contributed by atoms with Crippen LogP contribution >= 0.6 is 0 Å². The van der Waals surface area contributed by atoms with Crippen molar-refractivity contribution in [3.63, 3.8) is 0 Å². The summed E-state index contributed by atoms with van der Waals surface area (Å²) in [7, 11) is 0. The van der Waals surface area contributed by atoms with Crippen molar-refractivity contribution in [1.82, 2.24) is 10.1 Å². The summed E-state index contributed by atoms with van der Waals surface area (Å²) in [5, 5.41) is 4.12. The summed E-state index contributed by atoms with van der Waals surface area (Å²) in [4.78, 5) is 4.49. The van der Waals surface area contributed by atoms with E-state index in [1.807, 2.05) is 18.2 Å². The van der Waals surface area contributed by atoms with Gasteiger partial charge < -0.3 is 15.0 Å². The smallest absolute Gasteiger partial charge is 0.243 e. The van der Waals surface area contributed by atoms with Gasteiger partial charge in [0.15, 0.2) is 5.82 Å². The fourth-order valence-corrected chi connectivity index (χ4v) is 2.58. The highest BCUT2D eigenvalue weighted by Gasteiger charge is 2.27. The molecule has 106 valence electrons. The molecule has 1 aliphatic heterocycles. The molecule has 0 saturated heterocycles. The fourth-order valence-electron chi connectivity index (χ4n) is 2.58. The van der Waals surface area contributed by atoms with Gasteiger partial charge in [-0.1, -0.05) is 36.7 Å². The molecule has 0 radical (unpaired) electrons. The highest BCUT2D eigenvalue weighted by atomic mass is 16.5. The standard InChI is InChI=1S/C15H19N3O2/c1-2-5-12(16)15-17-14(18-20-15)11-8-9-19-13-7-4-3-6-10(11)13/h3-4,6-7,11-12H,2,5,8-9,16H2,1H3/t11?,12-/m0/s1. The van der Waals surface area contributed by atoms with Crippen LogP contribution in [0.15, 0.2) is 28.8 Å². The molecule has 0 fully saturated rings. The lowest BCUT2D eigenvalue weighted by Gasteiger charge is -2.23. The van der Waals surface area contributed by atoms with E-state index in [1.165, 1.54) is 0 Å². The highest BCUT2D eigenvalue weighted by molar-refractivity contribution is 5.40. The zero-order chi connectivity index (χ0) is 13.9. The van der Waals surface area contributed by atoms with Crippen LogP contribution < -0.4 is 10.5 Å². The van der Waals surface area contributed by atoms with Crippen molar-refractivity contribution in [3.05, 3.63) is 41.5 Å². The molecule has 0 bridgehead atoms. The third-order valence-electron chi connectivity index (χ3n) is 3.64. The van der Waals surface area contributed by atoms with Crippen molar-refractivity contribution in [3.8, 4) is 5.75 Å². The minimum Gasteiger partial charge on any atom is -0.493 e. The summed E-state index contributed by atoms with van der Waals surface area (Å²) in [5.41, 5.74) is 7.14. The average Bonchev–Trinajstić information content (AvgIpc) is 2.97. The number of rotatable bonds is 4. The van der Waals surface area contributed by atoms with Gasteiger partial charge in [0.05, 0.1) is 18.6 Å². The Morgan fingerprint density at radius 3 is 3.10 bits per heavy atom. The van der Waals surface area contributed by atoms with Crippen molar-refractivity contribution in [2.45, 2.75) is 38.1 Å². The van der Waals surface area contributed by atoms with Gasteiger partial charge in [-0.05, 0) is 18.9 Å². The van der Waals surface area contributed by atoms with Crippen molar-refractivity contribution < 1.29 is 9.26 Å². The zero-order valence-corrected chi connectivity index (χ0v) is 11.6. The second-order valence-electron chi connectivity index (χ2n) is 5.11. The molecule has 1 aromatic heterocycles. The van der Waals surface area contributed by atoms with Crippen LogP contribution in [0.5, 0.6) is 5.75 Å². The quantitative estimate of drug-likeness (QED) is 0.927. The van der Waals surface area contributed by atoms with Gasteiger partial charge in [-0.25, -0.2) is 0 Å². The van der Waals surface area contributed by atoms with E-state index in [0.717, 1.165) is 30.6 Å². The minimum absolute atomic E-state index is 0.131. The second-order valence-corrected chi connectivity index (χ2v) is 5.11. The van der Waals surface area contributed by atoms with Crippen LogP contribution in [0.4, 0.5) is 0 Å². The summed E-state index contributed by atoms with van der Waals surface area (Å²) in [6, 6.07) is 7.84. The molecule has 5 heteroatoms. The molecule has 0 amide bonds. The van der Waals surface area contributed by atoms with Gasteiger partial charge in [0.25, 0.3) is 0 Å². The third kappa shape index (κ3) is 2.41. The summed E-state index contributed by atoms with van der Waals surface area (Å²) in [6.07, 6.45) is 2.71. The molecule has 0 aliphatic carbocycles. The fraction of sp³-hybridized carbons (Fsp3) is 0.467. The zero-order valence-electron chi connectivity index (χ0n) is 11.6. The Bertz CT molecular complexity index is 582. The van der Waals surface area contributed by atoms with Crippen molar-refractivity contribution in [1.29, 1.82) is 0 Å². The van der Waals surface area contributed by atoms with Gasteiger partial charge in [-0.15, -0.1) is 0 Å². The first-order chi connectivity index (χ1) is 9.79. The monoisotopic (exact) mass is 273 g/mol. The normalized spacial score (nSPS) is 19.2. The Hall–Kier alpha value is -1.88. The van der Waals surface area contributed by atoms with Gasteiger partial charge in [0, 0.05) is 5.56 Å². The molecule has 20 heavy (non-hydrogen) atoms. The first kappa shape index (κ1) is 13.1. The maximum Gasteiger partial charge on any atom is 0.243 e. The van der Waals surface area contributed by atoms with Crippen molar-refractivity contribution in [2.75, 3.05) is 6.61 Å². The average molecular weight is 273 g/mol. The molecule has 3 rings (SSSR count). The lowest BCUT2D eigenvalue weighted by molar-refractivity contribution is 0.271. The molecular weight excluding hydrogens is 254 g/mol. The Kier molecular flexibility index (Phi) is 3.69. The molecule has 2 atom stereocenters. The van der Waals surface area contributed by atoms with Crippen LogP contribution in [0.1, 0.15) is 55.4 Å². The highest BCUT2D eigenvalue weighted by Crippen LogP contribution is 2.36. The van der Waals surface area contributed by atoms with Gasteiger partial charge in [0.2, 0.25) is 5.89 Å². The van der Waals surface area contributed by atoms with Gasteiger partial charge >= 0.3 is 0 Å². The predicted molar refractivity (Wildman–Crippen MR) is 74.5 cm³/mol. The van der Waals surface area contributed by atoms with E-state index in [-0.39, 0.29) is 12.0 Å². The Labute approximate surface area is 118 Å². The number of ether oxygens (including phenoxy) is 1. The molecular formula is C15H19N3O2. The molecule has 2 N–H and O–H groups in total. The van der Waals surface area contributed by atoms with Crippen LogP contribution in [0.3, 0.4) is 0 Å². The lowest BCUT2D eigenvalue weighted by atomic mass is 9.92. The van der Waals surface area contributed by atoms with Crippen molar-refractivity contribution in [2.24, 2.45) is 5.73 Å². The number of nitrogens with two attached hydrogens (primary N) is 1. The van der Waals surface area contributed by atoms with Crippen LogP contribution in [-0.4, -0.2) is 16.7 Å². The molecule has 0 saturated carbocycles. The minimum atomic E-state index is -0.170. The van der Waals surface area contributed by atoms with Crippen molar-refractivity contribution >= 4 is 0 Å².